The molecule has 2 heterocycles. The maximum absolute atomic E-state index is 12.3. The molecule has 0 spiro atoms. The van der Waals surface area contributed by atoms with E-state index in [1.165, 1.54) is 0 Å². The smallest absolute Gasteiger partial charge is 0.321 e. The maximum Gasteiger partial charge on any atom is 0.321 e. The maximum atomic E-state index is 12.3. The van der Waals surface area contributed by atoms with Gasteiger partial charge in [-0.05, 0) is 29.8 Å². The third-order valence-electron chi connectivity index (χ3n) is 4.55. The van der Waals surface area contributed by atoms with Gasteiger partial charge in [-0.3, -0.25) is 0 Å². The SMILES string of the molecule is COc1ccc(NC(=O)N2CC(c3nc(Cc4ccccc4)no3)C2)cc1. The molecule has 1 saturated heterocycles. The van der Waals surface area contributed by atoms with E-state index in [1.54, 1.807) is 24.1 Å². The van der Waals surface area contributed by atoms with Crippen LogP contribution in [-0.2, 0) is 6.42 Å². The number of benzene rings is 2. The number of urea groups is 1. The number of amides is 2. The normalized spacial score (nSPS) is 13.9. The molecule has 1 aliphatic rings. The van der Waals surface area contributed by atoms with E-state index < -0.39 is 0 Å². The summed E-state index contributed by atoms with van der Waals surface area (Å²) in [6, 6.07) is 17.1. The molecule has 3 aromatic rings. The number of likely N-dealkylation sites (tertiary alicyclic amines) is 1. The zero-order valence-corrected chi connectivity index (χ0v) is 15.0. The number of hydrogen-bond donors (Lipinski definition) is 1. The Labute approximate surface area is 156 Å². The van der Waals surface area contributed by atoms with Crippen molar-refractivity contribution in [1.29, 1.82) is 0 Å². The van der Waals surface area contributed by atoms with Crippen molar-refractivity contribution < 1.29 is 14.1 Å². The summed E-state index contributed by atoms with van der Waals surface area (Å²) >= 11 is 0. The summed E-state index contributed by atoms with van der Waals surface area (Å²) in [5.41, 5.74) is 1.87. The number of aromatic nitrogens is 2. The van der Waals surface area contributed by atoms with Crippen LogP contribution in [0.3, 0.4) is 0 Å². The van der Waals surface area contributed by atoms with Crippen molar-refractivity contribution >= 4 is 11.7 Å². The van der Waals surface area contributed by atoms with Crippen molar-refractivity contribution in [2.24, 2.45) is 0 Å². The number of carbonyl (C=O) groups is 1. The molecule has 0 aliphatic carbocycles. The van der Waals surface area contributed by atoms with Gasteiger partial charge in [0, 0.05) is 25.2 Å². The number of nitrogens with zero attached hydrogens (tertiary/aromatic N) is 3. The summed E-state index contributed by atoms with van der Waals surface area (Å²) in [5.74, 6) is 2.09. The summed E-state index contributed by atoms with van der Waals surface area (Å²) in [6.07, 6.45) is 0.638. The van der Waals surface area contributed by atoms with Crippen molar-refractivity contribution in [3.05, 3.63) is 71.9 Å². The number of carbonyl (C=O) groups excluding carboxylic acids is 1. The molecule has 1 aromatic heterocycles. The van der Waals surface area contributed by atoms with Crippen molar-refractivity contribution in [3.63, 3.8) is 0 Å². The number of hydrogen-bond acceptors (Lipinski definition) is 5. The fraction of sp³-hybridized carbons (Fsp3) is 0.250. The molecule has 0 atom stereocenters. The van der Waals surface area contributed by atoms with E-state index in [1.807, 2.05) is 42.5 Å². The molecular formula is C20H20N4O3. The summed E-state index contributed by atoms with van der Waals surface area (Å²) in [4.78, 5) is 18.5. The molecule has 1 aliphatic heterocycles. The quantitative estimate of drug-likeness (QED) is 0.751. The molecule has 138 valence electrons. The minimum absolute atomic E-state index is 0.0867. The first-order valence-corrected chi connectivity index (χ1v) is 8.77. The number of anilines is 1. The van der Waals surface area contributed by atoms with Gasteiger partial charge in [0.25, 0.3) is 0 Å². The van der Waals surface area contributed by atoms with Crippen LogP contribution in [0.25, 0.3) is 0 Å². The van der Waals surface area contributed by atoms with Gasteiger partial charge in [-0.25, -0.2) is 4.79 Å². The van der Waals surface area contributed by atoms with Crippen molar-refractivity contribution in [2.45, 2.75) is 12.3 Å². The zero-order valence-electron chi connectivity index (χ0n) is 15.0. The van der Waals surface area contributed by atoms with Gasteiger partial charge in [0.15, 0.2) is 5.82 Å². The third-order valence-corrected chi connectivity index (χ3v) is 4.55. The van der Waals surface area contributed by atoms with E-state index in [-0.39, 0.29) is 11.9 Å². The molecule has 1 N–H and O–H groups in total. The molecule has 1 fully saturated rings. The molecular weight excluding hydrogens is 344 g/mol. The lowest BCUT2D eigenvalue weighted by Crippen LogP contribution is -2.50. The average Bonchev–Trinajstić information content (AvgIpc) is 3.10. The van der Waals surface area contributed by atoms with Gasteiger partial charge in [-0.2, -0.15) is 4.98 Å². The Hall–Kier alpha value is -3.35. The monoisotopic (exact) mass is 364 g/mol. The first-order valence-electron chi connectivity index (χ1n) is 8.77. The second kappa shape index (κ2) is 7.49. The standard InChI is InChI=1S/C20H20N4O3/c1-26-17-9-7-16(8-10-17)21-20(25)24-12-15(13-24)19-22-18(23-27-19)11-14-5-3-2-4-6-14/h2-10,15H,11-13H2,1H3,(H,21,25). The second-order valence-corrected chi connectivity index (χ2v) is 6.47. The molecule has 0 bridgehead atoms. The molecule has 4 rings (SSSR count). The summed E-state index contributed by atoms with van der Waals surface area (Å²) in [7, 11) is 1.61. The molecule has 2 amide bonds. The van der Waals surface area contributed by atoms with Crippen LogP contribution in [0.2, 0.25) is 0 Å². The van der Waals surface area contributed by atoms with Gasteiger partial charge >= 0.3 is 6.03 Å². The Morgan fingerprint density at radius 1 is 1.19 bits per heavy atom. The Morgan fingerprint density at radius 2 is 1.93 bits per heavy atom. The minimum Gasteiger partial charge on any atom is -0.497 e. The highest BCUT2D eigenvalue weighted by molar-refractivity contribution is 5.90. The fourth-order valence-electron chi connectivity index (χ4n) is 2.96. The predicted molar refractivity (Wildman–Crippen MR) is 99.9 cm³/mol. The van der Waals surface area contributed by atoms with Gasteiger partial charge < -0.3 is 19.5 Å². The number of ether oxygens (including phenoxy) is 1. The Balaban J connectivity index is 1.29. The van der Waals surface area contributed by atoms with Crippen molar-refractivity contribution in [2.75, 3.05) is 25.5 Å². The Kier molecular flexibility index (Phi) is 4.74. The van der Waals surface area contributed by atoms with Crippen molar-refractivity contribution in [3.8, 4) is 5.75 Å². The largest absolute Gasteiger partial charge is 0.497 e. The lowest BCUT2D eigenvalue weighted by Gasteiger charge is -2.36. The Morgan fingerprint density at radius 3 is 2.63 bits per heavy atom. The summed E-state index contributed by atoms with van der Waals surface area (Å²) in [5, 5.41) is 6.92. The first-order chi connectivity index (χ1) is 13.2. The van der Waals surface area contributed by atoms with E-state index in [4.69, 9.17) is 9.26 Å². The topological polar surface area (TPSA) is 80.5 Å². The van der Waals surface area contributed by atoms with Crippen LogP contribution in [-0.4, -0.2) is 41.3 Å². The number of methoxy groups -OCH3 is 1. The van der Waals surface area contributed by atoms with Crippen LogP contribution in [0.4, 0.5) is 10.5 Å². The Bertz CT molecular complexity index is 902. The molecule has 7 heteroatoms. The van der Waals surface area contributed by atoms with Crippen LogP contribution in [0, 0.1) is 0 Å². The highest BCUT2D eigenvalue weighted by atomic mass is 16.5. The van der Waals surface area contributed by atoms with Crippen LogP contribution in [0.15, 0.2) is 59.1 Å². The first kappa shape index (κ1) is 17.1. The van der Waals surface area contributed by atoms with Gasteiger partial charge in [-0.1, -0.05) is 35.5 Å². The van der Waals surface area contributed by atoms with Gasteiger partial charge in [0.1, 0.15) is 5.75 Å². The third kappa shape index (κ3) is 3.92. The molecule has 2 aromatic carbocycles. The summed E-state index contributed by atoms with van der Waals surface area (Å²) in [6.45, 7) is 1.13. The highest BCUT2D eigenvalue weighted by Gasteiger charge is 2.35. The lowest BCUT2D eigenvalue weighted by molar-refractivity contribution is 0.147. The predicted octanol–water partition coefficient (Wildman–Crippen LogP) is 3.30. The van der Waals surface area contributed by atoms with Gasteiger partial charge in [-0.15, -0.1) is 0 Å². The van der Waals surface area contributed by atoms with E-state index in [2.05, 4.69) is 15.5 Å². The van der Waals surface area contributed by atoms with E-state index in [9.17, 15) is 4.79 Å². The highest BCUT2D eigenvalue weighted by Crippen LogP contribution is 2.27. The number of nitrogens with one attached hydrogen (secondary N) is 1. The van der Waals surface area contributed by atoms with Crippen LogP contribution in [0.5, 0.6) is 5.75 Å². The van der Waals surface area contributed by atoms with E-state index in [0.29, 0.717) is 31.2 Å². The summed E-state index contributed by atoms with van der Waals surface area (Å²) < 4.78 is 10.5. The molecule has 0 saturated carbocycles. The zero-order chi connectivity index (χ0) is 18.6. The van der Waals surface area contributed by atoms with Crippen LogP contribution >= 0.6 is 0 Å². The molecule has 0 unspecified atom stereocenters. The number of rotatable bonds is 5. The average molecular weight is 364 g/mol. The molecule has 7 nitrogen and oxygen atoms in total. The van der Waals surface area contributed by atoms with E-state index in [0.717, 1.165) is 17.0 Å². The minimum atomic E-state index is -0.138. The van der Waals surface area contributed by atoms with E-state index >= 15 is 0 Å². The van der Waals surface area contributed by atoms with Crippen LogP contribution in [0.1, 0.15) is 23.2 Å². The molecule has 27 heavy (non-hydrogen) atoms. The lowest BCUT2D eigenvalue weighted by atomic mass is 10.0. The van der Waals surface area contributed by atoms with Gasteiger partial charge in [0.05, 0.1) is 13.0 Å². The van der Waals surface area contributed by atoms with Crippen LogP contribution < -0.4 is 10.1 Å². The van der Waals surface area contributed by atoms with Gasteiger partial charge in [0.2, 0.25) is 5.89 Å². The van der Waals surface area contributed by atoms with Crippen molar-refractivity contribution in [1.82, 2.24) is 15.0 Å². The molecule has 0 radical (unpaired) electrons. The fourth-order valence-corrected chi connectivity index (χ4v) is 2.96. The second-order valence-electron chi connectivity index (χ2n) is 6.47.